The first kappa shape index (κ1) is 59.0. The number of aromatic nitrogens is 10. The molecule has 78 heavy (non-hydrogen) atoms. The normalized spacial score (nSPS) is 29.6. The highest BCUT2D eigenvalue weighted by Crippen LogP contribution is 2.68. The molecule has 3 fully saturated rings. The summed E-state index contributed by atoms with van der Waals surface area (Å²) in [6.45, 7) is -1.85. The molecule has 0 aliphatic carbocycles. The fourth-order valence-electron chi connectivity index (χ4n) is 8.83. The number of nitrogens with one attached hydrogen (secondary N) is 3. The summed E-state index contributed by atoms with van der Waals surface area (Å²) in [5.41, 5.74) is 9.29. The molecule has 430 valence electrons. The predicted octanol–water partition coefficient (Wildman–Crippen LogP) is -3.70. The first-order chi connectivity index (χ1) is 36.6. The van der Waals surface area contributed by atoms with Crippen LogP contribution in [0.1, 0.15) is 38.4 Å². The van der Waals surface area contributed by atoms with Gasteiger partial charge in [0.05, 0.1) is 39.3 Å². The number of H-pyrrole nitrogens is 2. The Morgan fingerprint density at radius 1 is 0.782 bits per heavy atom. The van der Waals surface area contributed by atoms with Gasteiger partial charge in [-0.1, -0.05) is 0 Å². The fraction of sp³-hybridized carbons (Fsp3) is 0.583. The van der Waals surface area contributed by atoms with Crippen LogP contribution in [0.4, 0.5) is 11.8 Å². The molecule has 5 aromatic heterocycles. The molecule has 3 aliphatic heterocycles. The van der Waals surface area contributed by atoms with Gasteiger partial charge in [-0.15, -0.1) is 0 Å². The number of carbonyl (C=O) groups excluding carboxylic acids is 1. The van der Waals surface area contributed by atoms with Crippen molar-refractivity contribution in [1.29, 1.82) is 0 Å². The summed E-state index contributed by atoms with van der Waals surface area (Å²) in [6, 6.07) is 0.923. The third-order valence-corrected chi connectivity index (χ3v) is 17.5. The number of imidazole rings is 2. The minimum atomic E-state index is -6.21. The SMILES string of the molecule is CO[C@@H]1[C@H](OP(=O)(O)OC[C@H]2O[C@@H](n3ccc(=O)[nH]c3=O)[C@H](O)[C@@H]2O)[C@@H](COP(=O)(O)OP(=O)(O)OP(=O)(O)OC[C@H]2O[C@@H](n3c[n+](C)c4c(=O)[nH]c(N)nc43)[C@H](O)[C@@H]2CCCNC(C)=O)O[C@H]1n1cnc2c(N)ncnc21. The molecule has 16 atom stereocenters. The molecule has 0 spiro atoms. The molecule has 0 bridgehead atoms. The topological polar surface area (TPSA) is 536 Å². The van der Waals surface area contributed by atoms with E-state index in [2.05, 4.69) is 38.9 Å². The maximum Gasteiger partial charge on any atom is 0.490 e. The Bertz CT molecular complexity index is 3410. The number of ether oxygens (including phenoxy) is 4. The van der Waals surface area contributed by atoms with Crippen LogP contribution in [0, 0.1) is 5.92 Å². The summed E-state index contributed by atoms with van der Waals surface area (Å²) in [6.07, 6.45) is -13.1. The van der Waals surface area contributed by atoms with Crippen LogP contribution >= 0.6 is 31.3 Å². The number of carbonyl (C=O) groups is 1. The fourth-order valence-corrected chi connectivity index (χ4v) is 13.3. The van der Waals surface area contributed by atoms with Gasteiger partial charge >= 0.3 is 42.5 Å². The summed E-state index contributed by atoms with van der Waals surface area (Å²) in [4.78, 5) is 111. The molecule has 0 saturated carbocycles. The third-order valence-electron chi connectivity index (χ3n) is 12.2. The Kier molecular flexibility index (Phi) is 17.5. The van der Waals surface area contributed by atoms with Gasteiger partial charge in [0.2, 0.25) is 24.4 Å². The Balaban J connectivity index is 0.945. The summed E-state index contributed by atoms with van der Waals surface area (Å²) < 4.78 is 110. The number of methoxy groups -OCH3 is 1. The largest absolute Gasteiger partial charge is 0.490 e. The molecule has 5 aromatic rings. The summed E-state index contributed by atoms with van der Waals surface area (Å²) >= 11 is 0. The van der Waals surface area contributed by atoms with Crippen LogP contribution in [0.2, 0.25) is 0 Å². The van der Waals surface area contributed by atoms with Gasteiger partial charge in [0, 0.05) is 38.8 Å². The van der Waals surface area contributed by atoms with Crippen molar-refractivity contribution in [1.82, 2.24) is 48.9 Å². The number of hydrogen-bond acceptors (Lipinski definition) is 27. The molecule has 8 heterocycles. The quantitative estimate of drug-likeness (QED) is 0.0170. The van der Waals surface area contributed by atoms with E-state index in [0.29, 0.717) is 0 Å². The molecule has 38 nitrogen and oxygen atoms in total. The molecule has 42 heteroatoms. The standard InChI is InChI=1S/C36H51N13O25P4/c1-15(50)39-7-4-5-16-17(69-32(23(16)52)49-14-46(2)22-30(49)44-35(38)45-31(22)55)9-67-76(59,60)73-78(63,64)74-77(61,62)68-11-19-26(27(65-3)34(71-19)48-13-42-21-28(37)40-12-41-29(21)48)72-75(57,58)66-10-18-24(53)25(54)33(70-18)47-8-6-20(51)43-36(47)56/h6,8,12-14,16-19,23-27,32-34,52-54H,4-5,7,9-11H2,1-3H3,(H10-,37,38,39,40,41,43,44,45,50,51,55,56,57,58,59,60,61,62,63,64)/p+1/t16-,17-,18-,19-,23-,24-,25-,26-,27-,32-,33-,34-/m1/s1. The number of nitrogens with zero attached hydrogens (tertiary/aromatic N) is 8. The van der Waals surface area contributed by atoms with Crippen molar-refractivity contribution >= 4 is 71.3 Å². The van der Waals surface area contributed by atoms with E-state index in [4.69, 9.17) is 48.5 Å². The molecular weight excluding hydrogens is 1140 g/mol. The number of amides is 1. The molecule has 4 unspecified atom stereocenters. The summed E-state index contributed by atoms with van der Waals surface area (Å²) in [5.74, 6) is -1.70. The number of phosphoric ester groups is 3. The number of anilines is 2. The lowest BCUT2D eigenvalue weighted by Crippen LogP contribution is -2.38. The first-order valence-corrected chi connectivity index (χ1v) is 28.7. The van der Waals surface area contributed by atoms with Gasteiger partial charge in [-0.3, -0.25) is 51.6 Å². The molecule has 0 aromatic carbocycles. The van der Waals surface area contributed by atoms with Crippen LogP contribution in [0.5, 0.6) is 0 Å². The second-order valence-electron chi connectivity index (χ2n) is 17.5. The van der Waals surface area contributed by atoms with Crippen molar-refractivity contribution in [3.05, 3.63) is 62.4 Å². The maximum absolute atomic E-state index is 13.6. The number of aromatic amines is 2. The minimum absolute atomic E-state index is 0.00273. The van der Waals surface area contributed by atoms with Crippen molar-refractivity contribution < 1.29 is 108 Å². The molecule has 3 saturated heterocycles. The van der Waals surface area contributed by atoms with Crippen LogP contribution in [0.15, 0.2) is 45.6 Å². The lowest BCUT2D eigenvalue weighted by atomic mass is 9.93. The molecule has 0 radical (unpaired) electrons. The van der Waals surface area contributed by atoms with Crippen LogP contribution in [0.25, 0.3) is 22.3 Å². The lowest BCUT2D eigenvalue weighted by Gasteiger charge is -2.26. The van der Waals surface area contributed by atoms with E-state index >= 15 is 0 Å². The average Bonchev–Trinajstić information content (AvgIpc) is 4.23. The molecule has 14 N–H and O–H groups in total. The number of aryl methyl sites for hydroxylation is 1. The molecular formula is C36H52N13O25P4+. The number of phosphoric acid groups is 4. The number of aliphatic hydroxyl groups excluding tert-OH is 3. The van der Waals surface area contributed by atoms with E-state index in [0.717, 1.165) is 36.6 Å². The zero-order valence-electron chi connectivity index (χ0n) is 40.6. The molecule has 3 aliphatic rings. The summed E-state index contributed by atoms with van der Waals surface area (Å²) in [5, 5.41) is 35.4. The maximum atomic E-state index is 13.6. The summed E-state index contributed by atoms with van der Waals surface area (Å²) in [7, 11) is -20.9. The number of aliphatic hydroxyl groups is 3. The van der Waals surface area contributed by atoms with Crippen LogP contribution in [-0.2, 0) is 75.8 Å². The van der Waals surface area contributed by atoms with Crippen LogP contribution < -0.4 is 38.2 Å². The van der Waals surface area contributed by atoms with Gasteiger partial charge < -0.3 is 70.6 Å². The van der Waals surface area contributed by atoms with E-state index in [-0.39, 0.29) is 59.4 Å². The van der Waals surface area contributed by atoms with E-state index < -0.39 is 141 Å². The van der Waals surface area contributed by atoms with E-state index in [9.17, 15) is 72.3 Å². The Morgan fingerprint density at radius 3 is 2.08 bits per heavy atom. The predicted molar refractivity (Wildman–Crippen MR) is 253 cm³/mol. The monoisotopic (exact) mass is 1190 g/mol. The van der Waals surface area contributed by atoms with Crippen molar-refractivity contribution in [3.8, 4) is 0 Å². The minimum Gasteiger partial charge on any atom is -0.387 e. The number of nitrogen functional groups attached to an aromatic ring is 2. The van der Waals surface area contributed by atoms with Gasteiger partial charge in [-0.25, -0.2) is 42.6 Å². The first-order valence-electron chi connectivity index (χ1n) is 22.7. The highest BCUT2D eigenvalue weighted by molar-refractivity contribution is 7.66. The van der Waals surface area contributed by atoms with Gasteiger partial charge in [-0.05, 0) is 12.8 Å². The van der Waals surface area contributed by atoms with Crippen molar-refractivity contribution in [2.75, 3.05) is 44.9 Å². The smallest absolute Gasteiger partial charge is 0.387 e. The second-order valence-corrected chi connectivity index (χ2v) is 23.5. The van der Waals surface area contributed by atoms with Crippen LogP contribution in [0.3, 0.4) is 0 Å². The van der Waals surface area contributed by atoms with Gasteiger partial charge in [0.15, 0.2) is 23.9 Å². The number of rotatable bonds is 23. The Morgan fingerprint density at radius 2 is 1.41 bits per heavy atom. The van der Waals surface area contributed by atoms with Gasteiger partial charge in [0.1, 0.15) is 54.6 Å². The van der Waals surface area contributed by atoms with Crippen LogP contribution in [-0.4, -0.2) is 167 Å². The van der Waals surface area contributed by atoms with E-state index in [1.54, 1.807) is 0 Å². The highest BCUT2D eigenvalue weighted by atomic mass is 31.3. The van der Waals surface area contributed by atoms with Gasteiger partial charge in [-0.2, -0.15) is 18.2 Å². The number of fused-ring (bicyclic) bond motifs is 2. The highest BCUT2D eigenvalue weighted by Gasteiger charge is 2.54. The zero-order valence-corrected chi connectivity index (χ0v) is 44.1. The molecule has 1 amide bonds. The van der Waals surface area contributed by atoms with Crippen molar-refractivity contribution in [2.45, 2.75) is 87.3 Å². The Labute approximate surface area is 435 Å². The number of hydrogen-bond donors (Lipinski definition) is 12. The van der Waals surface area contributed by atoms with Crippen molar-refractivity contribution in [2.24, 2.45) is 13.0 Å². The average molecular weight is 1190 g/mol. The zero-order chi connectivity index (χ0) is 56.8. The third kappa shape index (κ3) is 13.1. The Hall–Kier alpha value is -5.11. The lowest BCUT2D eigenvalue weighted by molar-refractivity contribution is -0.646. The number of nitrogens with two attached hydrogens (primary N) is 2. The van der Waals surface area contributed by atoms with Crippen molar-refractivity contribution in [3.63, 3.8) is 0 Å². The molecule has 8 rings (SSSR count). The van der Waals surface area contributed by atoms with Gasteiger partial charge in [0.25, 0.3) is 16.7 Å². The van der Waals surface area contributed by atoms with E-state index in [1.165, 1.54) is 34.0 Å². The second kappa shape index (κ2) is 23.2. The van der Waals surface area contributed by atoms with E-state index in [1.807, 2.05) is 4.98 Å².